The summed E-state index contributed by atoms with van der Waals surface area (Å²) in [6.07, 6.45) is 10.2. The number of rotatable bonds is 12. The van der Waals surface area contributed by atoms with Crippen molar-refractivity contribution in [3.63, 3.8) is 0 Å². The molecular formula is C45H45N3O4. The minimum atomic E-state index is -0.863. The Morgan fingerprint density at radius 3 is 2.27 bits per heavy atom. The minimum Gasteiger partial charge on any atom is -0.341 e. The second-order valence-corrected chi connectivity index (χ2v) is 14.2. The first kappa shape index (κ1) is 34.9. The molecule has 0 bridgehead atoms. The molecule has 0 fully saturated rings. The predicted octanol–water partition coefficient (Wildman–Crippen LogP) is 10.2. The highest BCUT2D eigenvalue weighted by molar-refractivity contribution is 6.41. The van der Waals surface area contributed by atoms with Gasteiger partial charge < -0.3 is 14.0 Å². The maximum atomic E-state index is 13.9. The van der Waals surface area contributed by atoms with E-state index in [0.717, 1.165) is 63.5 Å². The molecule has 7 nitrogen and oxygen atoms in total. The van der Waals surface area contributed by atoms with Crippen molar-refractivity contribution in [1.29, 1.82) is 0 Å². The summed E-state index contributed by atoms with van der Waals surface area (Å²) in [5.74, 6) is -0.774. The van der Waals surface area contributed by atoms with E-state index in [1.807, 2.05) is 61.5 Å². The maximum Gasteiger partial charge on any atom is 0.331 e. The van der Waals surface area contributed by atoms with Gasteiger partial charge >= 0.3 is 5.97 Å². The van der Waals surface area contributed by atoms with Crippen molar-refractivity contribution >= 4 is 62.0 Å². The fourth-order valence-corrected chi connectivity index (χ4v) is 7.87. The topological polar surface area (TPSA) is 82.7 Å². The van der Waals surface area contributed by atoms with Crippen molar-refractivity contribution in [2.24, 2.45) is 10.6 Å². The second-order valence-electron chi connectivity index (χ2n) is 14.2. The number of hydrogen-bond acceptors (Lipinski definition) is 5. The molecule has 0 radical (unpaired) electrons. The average molecular weight is 692 g/mol. The monoisotopic (exact) mass is 691 g/mol. The van der Waals surface area contributed by atoms with Crippen LogP contribution < -0.4 is 0 Å². The third-order valence-corrected chi connectivity index (χ3v) is 10.5. The van der Waals surface area contributed by atoms with Crippen LogP contribution in [0.25, 0.3) is 44.5 Å². The van der Waals surface area contributed by atoms with Crippen LogP contribution in [0.5, 0.6) is 0 Å². The lowest BCUT2D eigenvalue weighted by molar-refractivity contribution is -0.141. The molecule has 264 valence electrons. The summed E-state index contributed by atoms with van der Waals surface area (Å²) in [4.78, 5) is 43.8. The number of para-hydroxylation sites is 1. The number of nitrogens with zero attached hydrogens (tertiary/aromatic N) is 3. The molecule has 1 unspecified atom stereocenters. The van der Waals surface area contributed by atoms with Gasteiger partial charge in [0.2, 0.25) is 0 Å². The molecule has 0 N–H and O–H groups in total. The van der Waals surface area contributed by atoms with Crippen LogP contribution in [0.1, 0.15) is 93.0 Å². The number of hydrogen-bond donors (Lipinski definition) is 0. The van der Waals surface area contributed by atoms with Crippen LogP contribution in [0.15, 0.2) is 96.2 Å². The summed E-state index contributed by atoms with van der Waals surface area (Å²) in [5.41, 5.74) is 8.23. The highest BCUT2D eigenvalue weighted by atomic mass is 16.7. The van der Waals surface area contributed by atoms with E-state index in [1.54, 1.807) is 6.92 Å². The predicted molar refractivity (Wildman–Crippen MR) is 210 cm³/mol. The zero-order valence-corrected chi connectivity index (χ0v) is 30.7. The number of ketones is 2. The number of allylic oxidation sites excluding steroid dienone is 1. The Morgan fingerprint density at radius 1 is 0.788 bits per heavy atom. The Hall–Kier alpha value is -5.56. The lowest BCUT2D eigenvalue weighted by atomic mass is 9.74. The zero-order chi connectivity index (χ0) is 36.6. The molecular weight excluding hydrogens is 647 g/mol. The fraction of sp³-hybridized carbons (Fsp3) is 0.289. The summed E-state index contributed by atoms with van der Waals surface area (Å²) in [5, 5.41) is 7.15. The normalized spacial score (nSPS) is 15.8. The number of benzene rings is 4. The van der Waals surface area contributed by atoms with Crippen molar-refractivity contribution in [2.75, 3.05) is 0 Å². The molecule has 0 aliphatic heterocycles. The quantitative estimate of drug-likeness (QED) is 0.0421. The summed E-state index contributed by atoms with van der Waals surface area (Å²) in [6, 6.07) is 28.9. The summed E-state index contributed by atoms with van der Waals surface area (Å²) in [6.45, 7) is 9.98. The van der Waals surface area contributed by atoms with Gasteiger partial charge in [0.15, 0.2) is 11.6 Å². The zero-order valence-electron chi connectivity index (χ0n) is 30.7. The van der Waals surface area contributed by atoms with E-state index in [-0.39, 0.29) is 17.3 Å². The van der Waals surface area contributed by atoms with Crippen molar-refractivity contribution in [2.45, 2.75) is 79.7 Å². The Morgan fingerprint density at radius 2 is 1.52 bits per heavy atom. The first-order valence-electron chi connectivity index (χ1n) is 18.4. The van der Waals surface area contributed by atoms with E-state index in [0.29, 0.717) is 17.5 Å². The summed E-state index contributed by atoms with van der Waals surface area (Å²) in [7, 11) is 0. The van der Waals surface area contributed by atoms with Gasteiger partial charge in [0.25, 0.3) is 0 Å². The van der Waals surface area contributed by atoms with Crippen LogP contribution in [0, 0.1) is 5.41 Å². The van der Waals surface area contributed by atoms with Gasteiger partial charge in [-0.2, -0.15) is 0 Å². The first-order valence-corrected chi connectivity index (χ1v) is 18.4. The Balaban J connectivity index is 1.25. The molecule has 6 aromatic rings. The molecule has 1 aliphatic rings. The molecule has 1 atom stereocenters. The average Bonchev–Trinajstić information content (AvgIpc) is 3.66. The molecule has 1 aliphatic carbocycles. The Labute approximate surface area is 304 Å². The van der Waals surface area contributed by atoms with E-state index in [2.05, 4.69) is 70.6 Å². The van der Waals surface area contributed by atoms with E-state index in [4.69, 9.17) is 4.84 Å². The number of carbonyl (C=O) groups is 3. The molecule has 2 aromatic heterocycles. The lowest BCUT2D eigenvalue weighted by Gasteiger charge is -2.28. The number of unbranched alkanes of at least 4 members (excludes halogenated alkanes) is 3. The van der Waals surface area contributed by atoms with Crippen LogP contribution in [0.4, 0.5) is 0 Å². The molecule has 0 spiro atoms. The van der Waals surface area contributed by atoms with Crippen molar-refractivity contribution < 1.29 is 19.2 Å². The third-order valence-electron chi connectivity index (χ3n) is 10.5. The van der Waals surface area contributed by atoms with Crippen molar-refractivity contribution in [1.82, 2.24) is 9.13 Å². The smallest absolute Gasteiger partial charge is 0.331 e. The van der Waals surface area contributed by atoms with E-state index in [9.17, 15) is 14.4 Å². The Kier molecular flexibility index (Phi) is 9.54. The fourth-order valence-electron chi connectivity index (χ4n) is 7.87. The molecule has 0 saturated heterocycles. The van der Waals surface area contributed by atoms with Crippen LogP contribution in [0.2, 0.25) is 0 Å². The third kappa shape index (κ3) is 6.29. The van der Waals surface area contributed by atoms with Crippen molar-refractivity contribution in [3.8, 4) is 5.69 Å². The highest BCUT2D eigenvalue weighted by Crippen LogP contribution is 2.41. The van der Waals surface area contributed by atoms with Gasteiger partial charge in [0.1, 0.15) is 5.71 Å². The first-order chi connectivity index (χ1) is 25.1. The molecule has 7 heteroatoms. The molecule has 7 rings (SSSR count). The van der Waals surface area contributed by atoms with Gasteiger partial charge in [-0.3, -0.25) is 9.59 Å². The van der Waals surface area contributed by atoms with Gasteiger partial charge in [-0.05, 0) is 118 Å². The molecule has 0 saturated carbocycles. The number of Topliss-reactive ketones (excluding diaryl/α,β-unsaturated/α-hetero) is 1. The van der Waals surface area contributed by atoms with E-state index in [1.165, 1.54) is 37.3 Å². The largest absolute Gasteiger partial charge is 0.341 e. The summed E-state index contributed by atoms with van der Waals surface area (Å²) < 4.78 is 4.52. The van der Waals surface area contributed by atoms with Gasteiger partial charge in [0.05, 0.1) is 10.9 Å². The number of fused-ring (bicyclic) bond motifs is 6. The van der Waals surface area contributed by atoms with E-state index >= 15 is 0 Å². The number of aromatic nitrogens is 2. The highest BCUT2D eigenvalue weighted by Gasteiger charge is 2.37. The van der Waals surface area contributed by atoms with Crippen molar-refractivity contribution in [3.05, 3.63) is 119 Å². The molecule has 2 heterocycles. The minimum absolute atomic E-state index is 0.0196. The van der Waals surface area contributed by atoms with E-state index < -0.39 is 11.4 Å². The lowest BCUT2D eigenvalue weighted by Crippen LogP contribution is -2.35. The Bertz CT molecular complexity index is 2420. The summed E-state index contributed by atoms with van der Waals surface area (Å²) >= 11 is 0. The second kappa shape index (κ2) is 14.2. The van der Waals surface area contributed by atoms with Gasteiger partial charge in [-0.15, -0.1) is 0 Å². The van der Waals surface area contributed by atoms with Crippen LogP contribution in [-0.4, -0.2) is 32.4 Å². The SMILES string of the molecule is CCCCCCc1ccc2c(c1)c1c(n2-c2ccc(C(=O)c3ccc4c(c3)c3ccccc3n4CC)cc2)C=CC(C)(C(=O)C(C)=NOC(C)=O)C1. The maximum absolute atomic E-state index is 13.9. The van der Waals surface area contributed by atoms with Gasteiger partial charge in [0, 0.05) is 63.2 Å². The van der Waals surface area contributed by atoms with Gasteiger partial charge in [-0.25, -0.2) is 4.79 Å². The van der Waals surface area contributed by atoms with Gasteiger partial charge in [-0.1, -0.05) is 61.7 Å². The van der Waals surface area contributed by atoms with Crippen LogP contribution in [0.3, 0.4) is 0 Å². The molecule has 52 heavy (non-hydrogen) atoms. The number of oxime groups is 1. The standard InChI is InChI=1S/C45H45N3O4/c1-6-8-9-10-13-31-16-22-41-36(26-31)38-28-45(5,44(51)29(3)46-52-30(4)49)25-24-42(38)48(41)34-20-17-32(18-21-34)43(50)33-19-23-40-37(27-33)35-14-11-12-15-39(35)47(40)7-2/h11-12,14-27H,6-10,13,28H2,1-5H3. The molecule has 4 aromatic carbocycles. The van der Waals surface area contributed by atoms with Crippen LogP contribution >= 0.6 is 0 Å². The van der Waals surface area contributed by atoms with Crippen LogP contribution in [-0.2, 0) is 33.8 Å². The molecule has 0 amide bonds. The number of aryl methyl sites for hydroxylation is 2. The number of carbonyl (C=O) groups excluding carboxylic acids is 3.